The first kappa shape index (κ1) is 8.05. The third-order valence-corrected chi connectivity index (χ3v) is 0.620. The van der Waals surface area contributed by atoms with Gasteiger partial charge in [-0.15, -0.1) is 12.3 Å². The van der Waals surface area contributed by atoms with Gasteiger partial charge in [-0.25, -0.2) is 0 Å². The normalized spacial score (nSPS) is 7.50. The van der Waals surface area contributed by atoms with Crippen LogP contribution in [0.2, 0.25) is 0 Å². The second-order valence-corrected chi connectivity index (χ2v) is 1.15. The van der Waals surface area contributed by atoms with Gasteiger partial charge in [0.25, 0.3) is 0 Å². The van der Waals surface area contributed by atoms with Crippen molar-refractivity contribution in [2.75, 3.05) is 0 Å². The summed E-state index contributed by atoms with van der Waals surface area (Å²) in [6, 6.07) is 5.60. The van der Waals surface area contributed by atoms with E-state index in [0.29, 0.717) is 0 Å². The summed E-state index contributed by atoms with van der Waals surface area (Å²) in [7, 11) is 0. The van der Waals surface area contributed by atoms with Crippen molar-refractivity contribution in [3.8, 4) is 0 Å². The minimum atomic E-state index is -0.109. The van der Waals surface area contributed by atoms with Crippen molar-refractivity contribution in [1.29, 1.82) is 0 Å². The predicted molar refractivity (Wildman–Crippen MR) is 25.9 cm³/mol. The molecule has 1 radical (unpaired) electrons. The van der Waals surface area contributed by atoms with Crippen LogP contribution in [0.5, 0.6) is 0 Å². The first-order valence-corrected chi connectivity index (χ1v) is 1.94. The smallest absolute Gasteiger partial charge is 0.133 e. The summed E-state index contributed by atoms with van der Waals surface area (Å²) in [5.74, 6) is 0. The number of aromatic nitrogens is 1. The van der Waals surface area contributed by atoms with Crippen molar-refractivity contribution in [1.82, 2.24) is 4.98 Å². The van der Waals surface area contributed by atoms with E-state index in [9.17, 15) is 4.79 Å². The van der Waals surface area contributed by atoms with Crippen molar-refractivity contribution in [3.05, 3.63) is 34.7 Å². The predicted octanol–water partition coefficient (Wildman–Crippen LogP) is 0.173. The molecule has 0 aliphatic heterocycles. The standard InChI is InChI=1S/C5H4NO.Y/c7-5-3-1-2-4-6-5;/h2-4H,(H,6,7);/q-1;. The van der Waals surface area contributed by atoms with Crippen LogP contribution in [0.3, 0.4) is 0 Å². The maximum atomic E-state index is 10.2. The number of hydrogen-bond donors (Lipinski definition) is 1. The third kappa shape index (κ3) is 2.38. The van der Waals surface area contributed by atoms with E-state index in [0.717, 1.165) is 0 Å². The van der Waals surface area contributed by atoms with E-state index in [2.05, 4.69) is 11.1 Å². The Bertz CT molecular complexity index is 178. The Morgan fingerprint density at radius 2 is 2.38 bits per heavy atom. The Labute approximate surface area is 72.2 Å². The molecule has 0 aliphatic rings. The fraction of sp³-hybridized carbons (Fsp3) is 0. The molecule has 0 saturated carbocycles. The Hall–Kier alpha value is 0.0539. The van der Waals surface area contributed by atoms with Crippen LogP contribution in [0.15, 0.2) is 23.1 Å². The molecule has 0 saturated heterocycles. The molecule has 0 aromatic carbocycles. The van der Waals surface area contributed by atoms with Crippen LogP contribution in [-0.2, 0) is 32.7 Å². The van der Waals surface area contributed by atoms with Gasteiger partial charge in [0.05, 0.1) is 0 Å². The Morgan fingerprint density at radius 3 is 2.62 bits per heavy atom. The van der Waals surface area contributed by atoms with Gasteiger partial charge in [-0.05, 0) is 0 Å². The SMILES string of the molecule is O=c1c[c-]cc[nH]1.[Y]. The maximum absolute atomic E-state index is 10.2. The molecule has 0 bridgehead atoms. The molecule has 8 heavy (non-hydrogen) atoms. The van der Waals surface area contributed by atoms with Gasteiger partial charge >= 0.3 is 0 Å². The van der Waals surface area contributed by atoms with Crippen molar-refractivity contribution < 1.29 is 32.7 Å². The van der Waals surface area contributed by atoms with Gasteiger partial charge in [-0.1, -0.05) is 0 Å². The van der Waals surface area contributed by atoms with Crippen LogP contribution in [0.25, 0.3) is 0 Å². The van der Waals surface area contributed by atoms with Crippen molar-refractivity contribution in [2.24, 2.45) is 0 Å². The van der Waals surface area contributed by atoms with E-state index in [1.54, 1.807) is 12.3 Å². The minimum Gasteiger partial charge on any atom is -0.434 e. The van der Waals surface area contributed by atoms with Crippen LogP contribution < -0.4 is 5.56 Å². The summed E-state index contributed by atoms with van der Waals surface area (Å²) >= 11 is 0. The molecule has 0 spiro atoms. The first-order chi connectivity index (χ1) is 3.39. The van der Waals surface area contributed by atoms with Crippen molar-refractivity contribution in [2.45, 2.75) is 0 Å². The minimum absolute atomic E-state index is 0. The molecule has 1 aromatic heterocycles. The Morgan fingerprint density at radius 1 is 1.62 bits per heavy atom. The second-order valence-electron chi connectivity index (χ2n) is 1.15. The zero-order valence-corrected chi connectivity index (χ0v) is 7.06. The van der Waals surface area contributed by atoms with Crippen LogP contribution in [-0.4, -0.2) is 4.98 Å². The van der Waals surface area contributed by atoms with E-state index < -0.39 is 0 Å². The summed E-state index contributed by atoms with van der Waals surface area (Å²) in [6.45, 7) is 0. The molecule has 0 aliphatic carbocycles. The molecule has 2 nitrogen and oxygen atoms in total. The van der Waals surface area contributed by atoms with Crippen LogP contribution >= 0.6 is 0 Å². The fourth-order valence-corrected chi connectivity index (χ4v) is 0.337. The third-order valence-electron chi connectivity index (χ3n) is 0.620. The van der Waals surface area contributed by atoms with Gasteiger partial charge in [0, 0.05) is 32.7 Å². The molecular formula is C5H4NOY-. The van der Waals surface area contributed by atoms with Gasteiger partial charge in [-0.3, -0.25) is 0 Å². The molecule has 39 valence electrons. The summed E-state index contributed by atoms with van der Waals surface area (Å²) < 4.78 is 0. The van der Waals surface area contributed by atoms with Crippen molar-refractivity contribution in [3.63, 3.8) is 0 Å². The van der Waals surface area contributed by atoms with Crippen LogP contribution in [0.1, 0.15) is 0 Å². The molecule has 1 heterocycles. The molecule has 1 aromatic rings. The molecular weight excluding hydrogens is 179 g/mol. The summed E-state index contributed by atoms with van der Waals surface area (Å²) in [5, 5.41) is 0. The number of pyridine rings is 1. The van der Waals surface area contributed by atoms with Gasteiger partial charge < -0.3 is 9.78 Å². The van der Waals surface area contributed by atoms with Crippen LogP contribution in [0.4, 0.5) is 0 Å². The molecule has 1 rings (SSSR count). The monoisotopic (exact) mass is 183 g/mol. The van der Waals surface area contributed by atoms with E-state index in [-0.39, 0.29) is 38.3 Å². The fourth-order valence-electron chi connectivity index (χ4n) is 0.337. The number of aromatic amines is 1. The topological polar surface area (TPSA) is 32.9 Å². The summed E-state index contributed by atoms with van der Waals surface area (Å²) in [6.07, 6.45) is 1.54. The largest absolute Gasteiger partial charge is 0.434 e. The van der Waals surface area contributed by atoms with E-state index >= 15 is 0 Å². The molecule has 0 amide bonds. The van der Waals surface area contributed by atoms with Crippen molar-refractivity contribution >= 4 is 0 Å². The van der Waals surface area contributed by atoms with E-state index in [1.807, 2.05) is 0 Å². The molecule has 0 atom stereocenters. The maximum Gasteiger partial charge on any atom is 0.133 e. The number of hydrogen-bond acceptors (Lipinski definition) is 1. The van der Waals surface area contributed by atoms with Gasteiger partial charge in [0.2, 0.25) is 0 Å². The zero-order valence-electron chi connectivity index (χ0n) is 4.22. The van der Waals surface area contributed by atoms with E-state index in [1.165, 1.54) is 6.07 Å². The zero-order chi connectivity index (χ0) is 5.11. The van der Waals surface area contributed by atoms with Gasteiger partial charge in [-0.2, -0.15) is 12.1 Å². The average Bonchev–Trinajstić information content (AvgIpc) is 1.69. The molecule has 3 heteroatoms. The first-order valence-electron chi connectivity index (χ1n) is 1.94. The second kappa shape index (κ2) is 3.99. The van der Waals surface area contributed by atoms with Gasteiger partial charge in [0.1, 0.15) is 5.56 Å². The molecule has 1 N–H and O–H groups in total. The summed E-state index contributed by atoms with van der Waals surface area (Å²) in [5.41, 5.74) is -0.109. The quantitative estimate of drug-likeness (QED) is 0.571. The van der Waals surface area contributed by atoms with Gasteiger partial charge in [0.15, 0.2) is 0 Å². The number of rotatable bonds is 0. The Balaban J connectivity index is 0.000000490. The van der Waals surface area contributed by atoms with E-state index in [4.69, 9.17) is 0 Å². The summed E-state index contributed by atoms with van der Waals surface area (Å²) in [4.78, 5) is 12.6. The molecule has 0 fully saturated rings. The number of nitrogens with one attached hydrogen (secondary N) is 1. The average molecular weight is 183 g/mol. The molecule has 0 unspecified atom stereocenters. The Kier molecular flexibility index (Phi) is 4.01. The van der Waals surface area contributed by atoms with Crippen LogP contribution in [0, 0.1) is 6.07 Å². The number of H-pyrrole nitrogens is 1.